The summed E-state index contributed by atoms with van der Waals surface area (Å²) in [5.41, 5.74) is 0.433. The van der Waals surface area contributed by atoms with Crippen molar-refractivity contribution in [1.82, 2.24) is 0 Å². The number of ether oxygens (including phenoxy) is 3. The molecule has 16 heavy (non-hydrogen) atoms. The van der Waals surface area contributed by atoms with E-state index in [2.05, 4.69) is 4.74 Å². The van der Waals surface area contributed by atoms with Gasteiger partial charge >= 0.3 is 11.9 Å². The van der Waals surface area contributed by atoms with E-state index in [1.165, 1.54) is 13.4 Å². The van der Waals surface area contributed by atoms with Crippen LogP contribution in [-0.2, 0) is 23.8 Å². The van der Waals surface area contributed by atoms with Crippen molar-refractivity contribution in [3.63, 3.8) is 0 Å². The third-order valence-corrected chi connectivity index (χ3v) is 3.17. The Morgan fingerprint density at radius 3 is 3.00 bits per heavy atom. The third kappa shape index (κ3) is 1.77. The lowest BCUT2D eigenvalue weighted by Crippen LogP contribution is -2.42. The van der Waals surface area contributed by atoms with Gasteiger partial charge in [0.25, 0.3) is 0 Å². The molecule has 1 unspecified atom stereocenters. The van der Waals surface area contributed by atoms with Gasteiger partial charge in [-0.25, -0.2) is 4.79 Å². The van der Waals surface area contributed by atoms with Crippen molar-refractivity contribution in [2.75, 3.05) is 13.7 Å². The van der Waals surface area contributed by atoms with Gasteiger partial charge in [0.1, 0.15) is 6.10 Å². The smallest absolute Gasteiger partial charge is 0.337 e. The molecule has 0 N–H and O–H groups in total. The van der Waals surface area contributed by atoms with Crippen LogP contribution >= 0.6 is 0 Å². The predicted octanol–water partition coefficient (Wildman–Crippen LogP) is 0.641. The summed E-state index contributed by atoms with van der Waals surface area (Å²) in [6.07, 6.45) is 1.58. The molecule has 0 radical (unpaired) electrons. The van der Waals surface area contributed by atoms with Crippen LogP contribution in [0.5, 0.6) is 0 Å². The van der Waals surface area contributed by atoms with Crippen LogP contribution in [0.1, 0.15) is 13.3 Å². The number of rotatable bonds is 1. The van der Waals surface area contributed by atoms with Crippen LogP contribution in [0.15, 0.2) is 11.8 Å². The summed E-state index contributed by atoms with van der Waals surface area (Å²) in [5.74, 6) is -0.809. The molecule has 2 rings (SSSR count). The van der Waals surface area contributed by atoms with Crippen LogP contribution < -0.4 is 0 Å². The highest BCUT2D eigenvalue weighted by Crippen LogP contribution is 2.36. The van der Waals surface area contributed by atoms with Crippen LogP contribution in [0.3, 0.4) is 0 Å². The topological polar surface area (TPSA) is 61.8 Å². The van der Waals surface area contributed by atoms with E-state index in [0.717, 1.165) is 0 Å². The Kier molecular flexibility index (Phi) is 2.85. The van der Waals surface area contributed by atoms with Gasteiger partial charge in [0, 0.05) is 11.8 Å². The molecule has 3 atom stereocenters. The lowest BCUT2D eigenvalue weighted by atomic mass is 9.78. The zero-order chi connectivity index (χ0) is 11.7. The first-order valence-corrected chi connectivity index (χ1v) is 5.23. The number of hydrogen-bond acceptors (Lipinski definition) is 5. The van der Waals surface area contributed by atoms with E-state index in [1.54, 1.807) is 0 Å². The maximum Gasteiger partial charge on any atom is 0.337 e. The lowest BCUT2D eigenvalue weighted by molar-refractivity contribution is -0.157. The van der Waals surface area contributed by atoms with Crippen molar-refractivity contribution >= 4 is 11.9 Å². The molecule has 2 heterocycles. The third-order valence-electron chi connectivity index (χ3n) is 3.17. The molecule has 2 aliphatic rings. The number of fused-ring (bicyclic) bond motifs is 1. The first-order valence-electron chi connectivity index (χ1n) is 5.23. The first-order chi connectivity index (χ1) is 7.63. The van der Waals surface area contributed by atoms with Gasteiger partial charge in [-0.05, 0) is 6.92 Å². The fourth-order valence-corrected chi connectivity index (χ4v) is 2.18. The Morgan fingerprint density at radius 1 is 1.56 bits per heavy atom. The monoisotopic (exact) mass is 226 g/mol. The lowest BCUT2D eigenvalue weighted by Gasteiger charge is -2.37. The van der Waals surface area contributed by atoms with E-state index in [4.69, 9.17) is 9.47 Å². The molecule has 0 bridgehead atoms. The number of esters is 2. The minimum Gasteiger partial charge on any atom is -0.497 e. The Bertz CT molecular complexity index is 346. The number of carbonyl (C=O) groups excluding carboxylic acids is 2. The van der Waals surface area contributed by atoms with Crippen LogP contribution in [-0.4, -0.2) is 31.8 Å². The summed E-state index contributed by atoms with van der Waals surface area (Å²) in [7, 11) is 1.32. The van der Waals surface area contributed by atoms with Gasteiger partial charge in [0.15, 0.2) is 0 Å². The molecular formula is C11H14O5. The quantitative estimate of drug-likeness (QED) is 0.614. The molecule has 0 saturated carbocycles. The first kappa shape index (κ1) is 11.0. The van der Waals surface area contributed by atoms with Crippen molar-refractivity contribution < 1.29 is 23.8 Å². The van der Waals surface area contributed by atoms with Gasteiger partial charge in [-0.15, -0.1) is 0 Å². The number of methoxy groups -OCH3 is 1. The molecule has 5 nitrogen and oxygen atoms in total. The minimum absolute atomic E-state index is 0.0387. The van der Waals surface area contributed by atoms with E-state index in [-0.39, 0.29) is 30.3 Å². The zero-order valence-corrected chi connectivity index (χ0v) is 9.26. The zero-order valence-electron chi connectivity index (χ0n) is 9.26. The molecule has 2 aliphatic heterocycles. The van der Waals surface area contributed by atoms with Gasteiger partial charge in [-0.2, -0.15) is 0 Å². The second kappa shape index (κ2) is 4.15. The molecular weight excluding hydrogens is 212 g/mol. The standard InChI is InChI=1S/C11H14O5/c1-6-8-4-16-10(12)3-7(8)9(5-15-6)11(13)14-2/h5-8H,3-4H2,1-2H3/t6?,7-,8+/m0/s1. The molecule has 0 amide bonds. The molecule has 0 aromatic rings. The second-order valence-corrected chi connectivity index (χ2v) is 4.06. The largest absolute Gasteiger partial charge is 0.497 e. The average Bonchev–Trinajstić information content (AvgIpc) is 2.28. The summed E-state index contributed by atoms with van der Waals surface area (Å²) in [6.45, 7) is 2.21. The average molecular weight is 226 g/mol. The molecule has 1 saturated heterocycles. The fourth-order valence-electron chi connectivity index (χ4n) is 2.18. The highest BCUT2D eigenvalue weighted by molar-refractivity contribution is 5.90. The molecule has 0 aromatic heterocycles. The van der Waals surface area contributed by atoms with E-state index in [1.807, 2.05) is 6.92 Å². The molecule has 0 spiro atoms. The van der Waals surface area contributed by atoms with E-state index < -0.39 is 5.97 Å². The van der Waals surface area contributed by atoms with E-state index in [0.29, 0.717) is 12.2 Å². The normalized spacial score (nSPS) is 33.0. The maximum atomic E-state index is 11.5. The molecule has 88 valence electrons. The molecule has 0 aromatic carbocycles. The summed E-state index contributed by atoms with van der Waals surface area (Å²) in [6, 6.07) is 0. The number of cyclic esters (lactones) is 1. The van der Waals surface area contributed by atoms with Crippen molar-refractivity contribution in [3.8, 4) is 0 Å². The Morgan fingerprint density at radius 2 is 2.31 bits per heavy atom. The summed E-state index contributed by atoms with van der Waals surface area (Å²) in [4.78, 5) is 22.8. The Balaban J connectivity index is 2.25. The highest BCUT2D eigenvalue weighted by Gasteiger charge is 2.42. The minimum atomic E-state index is -0.434. The highest BCUT2D eigenvalue weighted by atomic mass is 16.5. The van der Waals surface area contributed by atoms with Gasteiger partial charge in [0.05, 0.1) is 32.0 Å². The molecule has 1 fully saturated rings. The fraction of sp³-hybridized carbons (Fsp3) is 0.636. The summed E-state index contributed by atoms with van der Waals surface area (Å²) >= 11 is 0. The van der Waals surface area contributed by atoms with Crippen molar-refractivity contribution in [1.29, 1.82) is 0 Å². The van der Waals surface area contributed by atoms with Crippen molar-refractivity contribution in [3.05, 3.63) is 11.8 Å². The Hall–Kier alpha value is -1.52. The van der Waals surface area contributed by atoms with Gasteiger partial charge in [-0.3, -0.25) is 4.79 Å². The van der Waals surface area contributed by atoms with Gasteiger partial charge < -0.3 is 14.2 Å². The molecule has 0 aliphatic carbocycles. The number of hydrogen-bond donors (Lipinski definition) is 0. The van der Waals surface area contributed by atoms with Crippen LogP contribution in [0.2, 0.25) is 0 Å². The van der Waals surface area contributed by atoms with Crippen molar-refractivity contribution in [2.45, 2.75) is 19.4 Å². The van der Waals surface area contributed by atoms with Crippen LogP contribution in [0.4, 0.5) is 0 Å². The van der Waals surface area contributed by atoms with E-state index >= 15 is 0 Å². The Labute approximate surface area is 93.4 Å². The SMILES string of the molecule is COC(=O)C1=COC(C)[C@H]2COC(=O)C[C@H]12. The predicted molar refractivity (Wildman–Crippen MR) is 53.2 cm³/mol. The van der Waals surface area contributed by atoms with Gasteiger partial charge in [-0.1, -0.05) is 0 Å². The molecule has 5 heteroatoms. The van der Waals surface area contributed by atoms with Crippen LogP contribution in [0, 0.1) is 11.8 Å². The summed E-state index contributed by atoms with van der Waals surface area (Å²) < 4.78 is 15.0. The van der Waals surface area contributed by atoms with E-state index in [9.17, 15) is 9.59 Å². The van der Waals surface area contributed by atoms with Gasteiger partial charge in [0.2, 0.25) is 0 Å². The maximum absolute atomic E-state index is 11.5. The van der Waals surface area contributed by atoms with Crippen LogP contribution in [0.25, 0.3) is 0 Å². The van der Waals surface area contributed by atoms with Crippen molar-refractivity contribution in [2.24, 2.45) is 11.8 Å². The summed E-state index contributed by atoms with van der Waals surface area (Å²) in [5, 5.41) is 0. The number of carbonyl (C=O) groups is 2. The second-order valence-electron chi connectivity index (χ2n) is 4.06.